The molecule has 1 fully saturated rings. The number of hydrogen-bond acceptors (Lipinski definition) is 3. The Morgan fingerprint density at radius 3 is 2.71 bits per heavy atom. The molecule has 0 saturated carbocycles. The van der Waals surface area contributed by atoms with Gasteiger partial charge in [0.05, 0.1) is 11.7 Å². The molecule has 0 unspecified atom stereocenters. The highest BCUT2D eigenvalue weighted by atomic mass is 16.6. The van der Waals surface area contributed by atoms with E-state index < -0.39 is 5.60 Å². The molecule has 21 heavy (non-hydrogen) atoms. The molecule has 3 rings (SSSR count). The van der Waals surface area contributed by atoms with Crippen LogP contribution in [-0.4, -0.2) is 32.4 Å². The number of carbonyl (C=O) groups excluding carboxylic acids is 1. The van der Waals surface area contributed by atoms with Gasteiger partial charge < -0.3 is 4.74 Å². The number of aromatic nitrogens is 2. The highest BCUT2D eigenvalue weighted by Gasteiger charge is 2.44. The number of rotatable bonds is 0. The Balaban J connectivity index is 1.95. The first kappa shape index (κ1) is 14.4. The third kappa shape index (κ3) is 2.43. The van der Waals surface area contributed by atoms with Gasteiger partial charge in [0.15, 0.2) is 0 Å². The number of fused-ring (bicyclic) bond motifs is 4. The number of ether oxygens (including phenoxy) is 1. The summed E-state index contributed by atoms with van der Waals surface area (Å²) < 4.78 is 7.56. The summed E-state index contributed by atoms with van der Waals surface area (Å²) in [5, 5.41) is 4.67. The topological polar surface area (TPSA) is 47.4 Å². The van der Waals surface area contributed by atoms with Crippen LogP contribution in [-0.2, 0) is 18.2 Å². The Bertz CT molecular complexity index is 571. The van der Waals surface area contributed by atoms with Crippen LogP contribution in [0.4, 0.5) is 4.79 Å². The lowest BCUT2D eigenvalue weighted by Gasteiger charge is -2.45. The van der Waals surface area contributed by atoms with Crippen molar-refractivity contribution in [2.75, 3.05) is 0 Å². The van der Waals surface area contributed by atoms with Crippen molar-refractivity contribution in [1.82, 2.24) is 14.7 Å². The van der Waals surface area contributed by atoms with Gasteiger partial charge in [-0.1, -0.05) is 0 Å². The fraction of sp³-hybridized carbons (Fsp3) is 0.750. The first-order valence-corrected chi connectivity index (χ1v) is 7.81. The van der Waals surface area contributed by atoms with Gasteiger partial charge in [-0.2, -0.15) is 5.10 Å². The molecule has 2 aliphatic heterocycles. The quantitative estimate of drug-likeness (QED) is 0.738. The third-order valence-corrected chi connectivity index (χ3v) is 4.59. The Hall–Kier alpha value is -1.52. The van der Waals surface area contributed by atoms with Crippen molar-refractivity contribution < 1.29 is 9.53 Å². The van der Waals surface area contributed by atoms with E-state index in [-0.39, 0.29) is 18.2 Å². The summed E-state index contributed by atoms with van der Waals surface area (Å²) in [6.07, 6.45) is 3.92. The maximum atomic E-state index is 12.6. The summed E-state index contributed by atoms with van der Waals surface area (Å²) in [4.78, 5) is 14.5. The zero-order chi connectivity index (χ0) is 15.4. The van der Waals surface area contributed by atoms with Gasteiger partial charge in [0.25, 0.3) is 0 Å². The maximum absolute atomic E-state index is 12.6. The summed E-state index contributed by atoms with van der Waals surface area (Å²) in [6, 6.07) is 0.344. The van der Waals surface area contributed by atoms with Gasteiger partial charge in [-0.3, -0.25) is 9.58 Å². The van der Waals surface area contributed by atoms with Crippen LogP contribution in [0.1, 0.15) is 63.0 Å². The predicted octanol–water partition coefficient (Wildman–Crippen LogP) is 3.12. The molecule has 1 aromatic rings. The molecule has 3 heterocycles. The Morgan fingerprint density at radius 1 is 1.33 bits per heavy atom. The van der Waals surface area contributed by atoms with E-state index in [1.54, 1.807) is 0 Å². The molecule has 0 N–H and O–H groups in total. The van der Waals surface area contributed by atoms with Crippen LogP contribution in [0.3, 0.4) is 0 Å². The van der Waals surface area contributed by atoms with Gasteiger partial charge in [0.1, 0.15) is 5.60 Å². The summed E-state index contributed by atoms with van der Waals surface area (Å²) in [6.45, 7) is 7.87. The van der Waals surface area contributed by atoms with Gasteiger partial charge in [-0.15, -0.1) is 0 Å². The van der Waals surface area contributed by atoms with Crippen molar-refractivity contribution in [1.29, 1.82) is 0 Å². The van der Waals surface area contributed by atoms with Crippen LogP contribution in [0.25, 0.3) is 0 Å². The van der Waals surface area contributed by atoms with Gasteiger partial charge in [-0.05, 0) is 53.4 Å². The molecule has 0 radical (unpaired) electrons. The molecule has 2 bridgehead atoms. The SMILES string of the molecule is Cc1c2c(nn1C)[C@H]1CCC[C@H](C2)N1C(=O)OC(C)(C)C. The summed E-state index contributed by atoms with van der Waals surface area (Å²) in [5.41, 5.74) is 3.20. The Morgan fingerprint density at radius 2 is 2.05 bits per heavy atom. The number of piperidine rings is 1. The zero-order valence-corrected chi connectivity index (χ0v) is 13.6. The van der Waals surface area contributed by atoms with E-state index >= 15 is 0 Å². The van der Waals surface area contributed by atoms with E-state index in [9.17, 15) is 4.79 Å². The minimum atomic E-state index is -0.453. The summed E-state index contributed by atoms with van der Waals surface area (Å²) >= 11 is 0. The minimum Gasteiger partial charge on any atom is -0.444 e. The molecule has 1 amide bonds. The molecule has 5 nitrogen and oxygen atoms in total. The van der Waals surface area contributed by atoms with Crippen LogP contribution in [0.5, 0.6) is 0 Å². The average Bonchev–Trinajstić information content (AvgIpc) is 2.64. The van der Waals surface area contributed by atoms with Crippen LogP contribution in [0.15, 0.2) is 0 Å². The molecule has 116 valence electrons. The van der Waals surface area contributed by atoms with E-state index in [0.29, 0.717) is 0 Å². The monoisotopic (exact) mass is 291 g/mol. The lowest BCUT2D eigenvalue weighted by Crippen LogP contribution is -2.51. The average molecular weight is 291 g/mol. The van der Waals surface area contributed by atoms with E-state index in [4.69, 9.17) is 4.74 Å². The number of aryl methyl sites for hydroxylation is 1. The first-order chi connectivity index (χ1) is 9.78. The lowest BCUT2D eigenvalue weighted by molar-refractivity contribution is -0.0104. The molecule has 5 heteroatoms. The summed E-state index contributed by atoms with van der Waals surface area (Å²) in [7, 11) is 1.98. The van der Waals surface area contributed by atoms with E-state index in [1.165, 1.54) is 11.3 Å². The lowest BCUT2D eigenvalue weighted by atomic mass is 9.83. The minimum absolute atomic E-state index is 0.0854. The zero-order valence-electron chi connectivity index (χ0n) is 13.6. The highest BCUT2D eigenvalue weighted by Crippen LogP contribution is 2.42. The van der Waals surface area contributed by atoms with Crippen LogP contribution < -0.4 is 0 Å². The molecule has 0 aromatic carbocycles. The smallest absolute Gasteiger partial charge is 0.411 e. The first-order valence-electron chi connectivity index (χ1n) is 7.81. The third-order valence-electron chi connectivity index (χ3n) is 4.59. The van der Waals surface area contributed by atoms with Crippen LogP contribution >= 0.6 is 0 Å². The molecule has 1 aromatic heterocycles. The second kappa shape index (κ2) is 4.75. The molecular formula is C16H25N3O2. The van der Waals surface area contributed by atoms with Crippen molar-refractivity contribution in [3.05, 3.63) is 17.0 Å². The number of amides is 1. The van der Waals surface area contributed by atoms with Crippen molar-refractivity contribution in [3.63, 3.8) is 0 Å². The normalized spacial score (nSPS) is 24.7. The standard InChI is InChI=1S/C16H25N3O2/c1-10-12-9-11-7-6-8-13(14(12)17-18(10)5)19(11)15(20)21-16(2,3)4/h11,13H,6-9H2,1-5H3/t11-,13-/m1/s1. The largest absolute Gasteiger partial charge is 0.444 e. The van der Waals surface area contributed by atoms with Gasteiger partial charge in [0, 0.05) is 24.3 Å². The fourth-order valence-corrected chi connectivity index (χ4v) is 3.57. The Labute approximate surface area is 126 Å². The maximum Gasteiger partial charge on any atom is 0.411 e. The van der Waals surface area contributed by atoms with Crippen molar-refractivity contribution in [3.8, 4) is 0 Å². The van der Waals surface area contributed by atoms with Crippen molar-refractivity contribution >= 4 is 6.09 Å². The fourth-order valence-electron chi connectivity index (χ4n) is 3.57. The second-order valence-corrected chi connectivity index (χ2v) is 7.27. The predicted molar refractivity (Wildman–Crippen MR) is 80.1 cm³/mol. The van der Waals surface area contributed by atoms with Crippen molar-refractivity contribution in [2.24, 2.45) is 7.05 Å². The van der Waals surface area contributed by atoms with Gasteiger partial charge in [0.2, 0.25) is 0 Å². The molecule has 2 aliphatic rings. The summed E-state index contributed by atoms with van der Waals surface area (Å²) in [5.74, 6) is 0. The van der Waals surface area contributed by atoms with Crippen molar-refractivity contribution in [2.45, 2.75) is 71.1 Å². The highest BCUT2D eigenvalue weighted by molar-refractivity contribution is 5.70. The second-order valence-electron chi connectivity index (χ2n) is 7.27. The number of nitrogens with zero attached hydrogens (tertiary/aromatic N) is 3. The molecule has 2 atom stereocenters. The van der Waals surface area contributed by atoms with E-state index in [1.807, 2.05) is 37.4 Å². The van der Waals surface area contributed by atoms with E-state index in [0.717, 1.165) is 31.4 Å². The van der Waals surface area contributed by atoms with Crippen LogP contribution in [0, 0.1) is 6.92 Å². The Kier molecular flexibility index (Phi) is 3.26. The molecule has 1 saturated heterocycles. The molecule has 0 spiro atoms. The van der Waals surface area contributed by atoms with Gasteiger partial charge >= 0.3 is 6.09 Å². The van der Waals surface area contributed by atoms with Gasteiger partial charge in [-0.25, -0.2) is 4.79 Å². The number of carbonyl (C=O) groups is 1. The van der Waals surface area contributed by atoms with E-state index in [2.05, 4.69) is 12.0 Å². The molecular weight excluding hydrogens is 266 g/mol. The molecule has 0 aliphatic carbocycles. The number of hydrogen-bond donors (Lipinski definition) is 0. The van der Waals surface area contributed by atoms with Crippen LogP contribution in [0.2, 0.25) is 0 Å².